The minimum atomic E-state index is 0.175. The second kappa shape index (κ2) is 6.53. The molecule has 0 bridgehead atoms. The molecule has 3 aromatic rings. The fourth-order valence-corrected chi connectivity index (χ4v) is 2.52. The van der Waals surface area contributed by atoms with Gasteiger partial charge in [-0.15, -0.1) is 0 Å². The maximum absolute atomic E-state index is 6.02. The number of halogens is 3. The van der Waals surface area contributed by atoms with Crippen LogP contribution in [0.4, 0.5) is 5.82 Å². The number of hydrogen-bond acceptors (Lipinski definition) is 3. The van der Waals surface area contributed by atoms with E-state index in [1.807, 2.05) is 30.3 Å². The molecule has 22 heavy (non-hydrogen) atoms. The van der Waals surface area contributed by atoms with Crippen molar-refractivity contribution in [3.05, 3.63) is 69.3 Å². The van der Waals surface area contributed by atoms with Crippen LogP contribution in [-0.4, -0.2) is 11.2 Å². The number of hydrazone groups is 1. The lowest BCUT2D eigenvalue weighted by atomic mass is 10.1. The summed E-state index contributed by atoms with van der Waals surface area (Å²) in [6, 6.07) is 15.7. The third-order valence-corrected chi connectivity index (χ3v) is 4.01. The molecule has 0 saturated heterocycles. The third-order valence-electron chi connectivity index (χ3n) is 3.04. The first-order chi connectivity index (χ1) is 10.6. The van der Waals surface area contributed by atoms with Crippen LogP contribution in [0.25, 0.3) is 10.8 Å². The molecule has 110 valence electrons. The van der Waals surface area contributed by atoms with Gasteiger partial charge in [0.1, 0.15) is 5.15 Å². The van der Waals surface area contributed by atoms with Gasteiger partial charge in [-0.2, -0.15) is 5.10 Å². The Morgan fingerprint density at radius 2 is 1.68 bits per heavy atom. The zero-order valence-corrected chi connectivity index (χ0v) is 13.5. The van der Waals surface area contributed by atoms with E-state index >= 15 is 0 Å². The first kappa shape index (κ1) is 15.1. The number of benzene rings is 2. The molecule has 0 aliphatic carbocycles. The van der Waals surface area contributed by atoms with Gasteiger partial charge in [0.15, 0.2) is 5.82 Å². The topological polar surface area (TPSA) is 37.3 Å². The lowest BCUT2D eigenvalue weighted by Crippen LogP contribution is -1.95. The molecule has 0 saturated carbocycles. The van der Waals surface area contributed by atoms with Gasteiger partial charge >= 0.3 is 0 Å². The molecule has 3 rings (SSSR count). The van der Waals surface area contributed by atoms with Crippen LogP contribution in [0.2, 0.25) is 15.2 Å². The predicted molar refractivity (Wildman–Crippen MR) is 94.4 cm³/mol. The molecule has 3 nitrogen and oxygen atoms in total. The number of nitrogens with zero attached hydrogens (tertiary/aromatic N) is 2. The second-order valence-electron chi connectivity index (χ2n) is 4.57. The van der Waals surface area contributed by atoms with Crippen LogP contribution in [-0.2, 0) is 0 Å². The van der Waals surface area contributed by atoms with E-state index in [9.17, 15) is 0 Å². The molecule has 0 aliphatic heterocycles. The molecule has 0 amide bonds. The van der Waals surface area contributed by atoms with E-state index in [0.717, 1.165) is 10.9 Å². The summed E-state index contributed by atoms with van der Waals surface area (Å²) in [6.45, 7) is 0. The van der Waals surface area contributed by atoms with Crippen molar-refractivity contribution in [2.75, 3.05) is 5.43 Å². The van der Waals surface area contributed by atoms with Gasteiger partial charge in [0.05, 0.1) is 16.3 Å². The lowest BCUT2D eigenvalue weighted by molar-refractivity contribution is 1.23. The molecule has 1 aromatic heterocycles. The molecule has 0 atom stereocenters. The van der Waals surface area contributed by atoms with E-state index in [-0.39, 0.29) is 5.15 Å². The molecule has 0 unspecified atom stereocenters. The van der Waals surface area contributed by atoms with Crippen LogP contribution in [0.5, 0.6) is 0 Å². The van der Waals surface area contributed by atoms with Crippen molar-refractivity contribution in [2.45, 2.75) is 0 Å². The first-order valence-electron chi connectivity index (χ1n) is 6.43. The molecule has 1 heterocycles. The molecule has 2 aromatic carbocycles. The Balaban J connectivity index is 1.80. The monoisotopic (exact) mass is 349 g/mol. The van der Waals surface area contributed by atoms with Crippen molar-refractivity contribution < 1.29 is 0 Å². The number of rotatable bonds is 3. The Morgan fingerprint density at radius 1 is 0.909 bits per heavy atom. The maximum atomic E-state index is 6.02. The molecular formula is C16H10Cl3N3. The van der Waals surface area contributed by atoms with Crippen molar-refractivity contribution in [3.63, 3.8) is 0 Å². The van der Waals surface area contributed by atoms with E-state index in [1.165, 1.54) is 11.5 Å². The Labute approximate surface area is 142 Å². The molecule has 0 aliphatic rings. The molecule has 0 fully saturated rings. The number of hydrogen-bond donors (Lipinski definition) is 1. The Hall–Kier alpha value is -1.81. The van der Waals surface area contributed by atoms with Crippen molar-refractivity contribution in [1.29, 1.82) is 0 Å². The predicted octanol–water partition coefficient (Wildman–Crippen LogP) is 5.64. The second-order valence-corrected chi connectivity index (χ2v) is 5.74. The summed E-state index contributed by atoms with van der Waals surface area (Å²) >= 11 is 17.7. The molecule has 1 N–H and O–H groups in total. The van der Waals surface area contributed by atoms with Crippen LogP contribution in [0.15, 0.2) is 53.6 Å². The van der Waals surface area contributed by atoms with Crippen LogP contribution >= 0.6 is 34.8 Å². The van der Waals surface area contributed by atoms with Crippen molar-refractivity contribution in [1.82, 2.24) is 4.98 Å². The number of anilines is 1. The van der Waals surface area contributed by atoms with Gasteiger partial charge in [0, 0.05) is 0 Å². The van der Waals surface area contributed by atoms with E-state index in [2.05, 4.69) is 27.6 Å². The fraction of sp³-hybridized carbons (Fsp3) is 0. The number of nitrogens with one attached hydrogen (secondary N) is 1. The van der Waals surface area contributed by atoms with Gasteiger partial charge in [-0.25, -0.2) is 4.98 Å². The third kappa shape index (κ3) is 3.33. The summed E-state index contributed by atoms with van der Waals surface area (Å²) in [5, 5.41) is 7.29. The highest BCUT2D eigenvalue weighted by molar-refractivity contribution is 6.42. The summed E-state index contributed by atoms with van der Waals surface area (Å²) in [5.74, 6) is 0.355. The SMILES string of the molecule is Clc1cc(Cl)c(N/N=C\c2ccc3ccccc3c2)nc1Cl. The Bertz CT molecular complexity index is 862. The quantitative estimate of drug-likeness (QED) is 0.377. The minimum Gasteiger partial charge on any atom is -0.260 e. The zero-order valence-electron chi connectivity index (χ0n) is 11.2. The van der Waals surface area contributed by atoms with Crippen molar-refractivity contribution in [2.24, 2.45) is 5.10 Å². The lowest BCUT2D eigenvalue weighted by Gasteiger charge is -2.04. The highest BCUT2D eigenvalue weighted by atomic mass is 35.5. The smallest absolute Gasteiger partial charge is 0.166 e. The van der Waals surface area contributed by atoms with Gasteiger partial charge < -0.3 is 0 Å². The highest BCUT2D eigenvalue weighted by Crippen LogP contribution is 2.28. The Morgan fingerprint density at radius 3 is 2.50 bits per heavy atom. The van der Waals surface area contributed by atoms with Gasteiger partial charge in [0.25, 0.3) is 0 Å². The Kier molecular flexibility index (Phi) is 4.48. The van der Waals surface area contributed by atoms with Crippen molar-refractivity contribution >= 4 is 57.6 Å². The standard InChI is InChI=1S/C16H10Cl3N3/c17-13-8-14(18)16(21-15(13)19)22-20-9-10-5-6-11-3-1-2-4-12(11)7-10/h1-9H,(H,21,22)/b20-9-. The average molecular weight is 351 g/mol. The van der Waals surface area contributed by atoms with E-state index in [4.69, 9.17) is 34.8 Å². The summed E-state index contributed by atoms with van der Waals surface area (Å²) in [5.41, 5.74) is 3.72. The van der Waals surface area contributed by atoms with E-state index in [0.29, 0.717) is 15.9 Å². The minimum absolute atomic E-state index is 0.175. The average Bonchev–Trinajstić information content (AvgIpc) is 2.52. The van der Waals surface area contributed by atoms with E-state index < -0.39 is 0 Å². The highest BCUT2D eigenvalue weighted by Gasteiger charge is 2.06. The maximum Gasteiger partial charge on any atom is 0.166 e. The van der Waals surface area contributed by atoms with Gasteiger partial charge in [-0.3, -0.25) is 5.43 Å². The summed E-state index contributed by atoms with van der Waals surface area (Å²) in [7, 11) is 0. The summed E-state index contributed by atoms with van der Waals surface area (Å²) in [4.78, 5) is 4.03. The van der Waals surface area contributed by atoms with Gasteiger partial charge in [-0.05, 0) is 28.5 Å². The number of aromatic nitrogens is 1. The molecular weight excluding hydrogens is 341 g/mol. The molecule has 0 radical (unpaired) electrons. The summed E-state index contributed by atoms with van der Waals surface area (Å²) in [6.07, 6.45) is 1.69. The van der Waals surface area contributed by atoms with Crippen LogP contribution in [0, 0.1) is 0 Å². The van der Waals surface area contributed by atoms with Crippen LogP contribution in [0.1, 0.15) is 5.56 Å². The van der Waals surface area contributed by atoms with Gasteiger partial charge in [-0.1, -0.05) is 71.2 Å². The normalized spacial score (nSPS) is 11.2. The number of fused-ring (bicyclic) bond motifs is 1. The van der Waals surface area contributed by atoms with Gasteiger partial charge in [0.2, 0.25) is 0 Å². The molecule has 0 spiro atoms. The zero-order chi connectivity index (χ0) is 15.5. The molecule has 6 heteroatoms. The van der Waals surface area contributed by atoms with Crippen LogP contribution in [0.3, 0.4) is 0 Å². The fourth-order valence-electron chi connectivity index (χ4n) is 1.98. The van der Waals surface area contributed by atoms with E-state index in [1.54, 1.807) is 6.21 Å². The first-order valence-corrected chi connectivity index (χ1v) is 7.56. The van der Waals surface area contributed by atoms with Crippen molar-refractivity contribution in [3.8, 4) is 0 Å². The van der Waals surface area contributed by atoms with Crippen LogP contribution < -0.4 is 5.43 Å². The number of pyridine rings is 1. The summed E-state index contributed by atoms with van der Waals surface area (Å²) < 4.78 is 0. The largest absolute Gasteiger partial charge is 0.260 e.